The summed E-state index contributed by atoms with van der Waals surface area (Å²) in [6.45, 7) is 0.273. The minimum absolute atomic E-state index is 0.0381. The van der Waals surface area contributed by atoms with Gasteiger partial charge in [-0.05, 0) is 48.2 Å². The van der Waals surface area contributed by atoms with Gasteiger partial charge in [0.05, 0.1) is 20.6 Å². The second-order valence-corrected chi connectivity index (χ2v) is 11.6. The minimum Gasteiger partial charge on any atom is -0.294 e. The highest BCUT2D eigenvalue weighted by Crippen LogP contribution is 2.39. The maximum atomic E-state index is 14.1. The highest BCUT2D eigenvalue weighted by molar-refractivity contribution is 7.93. The Morgan fingerprint density at radius 2 is 1.90 bits per heavy atom. The molecule has 0 atom stereocenters. The van der Waals surface area contributed by atoms with E-state index in [4.69, 9.17) is 34.8 Å². The monoisotopic (exact) mass is 517 g/mol. The Labute approximate surface area is 198 Å². The van der Waals surface area contributed by atoms with Crippen LogP contribution in [0.2, 0.25) is 13.7 Å². The van der Waals surface area contributed by atoms with E-state index in [2.05, 4.69) is 0 Å². The summed E-state index contributed by atoms with van der Waals surface area (Å²) in [5.74, 6) is -1.18. The van der Waals surface area contributed by atoms with E-state index in [1.54, 1.807) is 18.2 Å². The molecule has 0 saturated carbocycles. The number of fused-ring (bicyclic) bond motifs is 1. The Balaban J connectivity index is 1.70. The summed E-state index contributed by atoms with van der Waals surface area (Å²) >= 11 is 19.0. The van der Waals surface area contributed by atoms with Gasteiger partial charge in [-0.2, -0.15) is 0 Å². The number of nitrogens with zero attached hydrogens (tertiary/aromatic N) is 1. The maximum absolute atomic E-state index is 14.1. The molecule has 1 aliphatic rings. The number of carbonyl (C=O) groups is 1. The number of rotatable bonds is 5. The van der Waals surface area contributed by atoms with Gasteiger partial charge in [-0.3, -0.25) is 9.10 Å². The van der Waals surface area contributed by atoms with Crippen molar-refractivity contribution in [2.45, 2.75) is 24.2 Å². The Morgan fingerprint density at radius 1 is 1.13 bits per heavy atom. The van der Waals surface area contributed by atoms with Gasteiger partial charge < -0.3 is 0 Å². The highest BCUT2D eigenvalue weighted by Gasteiger charge is 2.32. The second kappa shape index (κ2) is 8.71. The van der Waals surface area contributed by atoms with Crippen molar-refractivity contribution >= 4 is 67.6 Å². The van der Waals surface area contributed by atoms with Crippen molar-refractivity contribution in [2.24, 2.45) is 0 Å². The van der Waals surface area contributed by atoms with Gasteiger partial charge in [-0.15, -0.1) is 11.3 Å². The molecule has 0 saturated heterocycles. The summed E-state index contributed by atoms with van der Waals surface area (Å²) in [5, 5.41) is 0.0381. The van der Waals surface area contributed by atoms with Gasteiger partial charge in [0.2, 0.25) is 0 Å². The van der Waals surface area contributed by atoms with E-state index in [1.807, 2.05) is 0 Å². The van der Waals surface area contributed by atoms with E-state index < -0.39 is 21.6 Å². The first-order valence-corrected chi connectivity index (χ1v) is 12.6. The van der Waals surface area contributed by atoms with E-state index in [1.165, 1.54) is 28.6 Å². The highest BCUT2D eigenvalue weighted by atomic mass is 35.5. The topological polar surface area (TPSA) is 54.5 Å². The minimum atomic E-state index is -3.93. The number of Topliss-reactive ketones (excluding diaryl/α,β-unsaturated/α-hetero) is 1. The third-order valence-corrected chi connectivity index (χ3v) is 8.91. The van der Waals surface area contributed by atoms with Crippen LogP contribution < -0.4 is 4.31 Å². The normalized spacial score (nSPS) is 13.9. The molecular weight excluding hydrogens is 504 g/mol. The average molecular weight is 519 g/mol. The molecule has 0 N–H and O–H groups in total. The van der Waals surface area contributed by atoms with E-state index in [0.29, 0.717) is 24.1 Å². The number of anilines is 1. The Morgan fingerprint density at radius 3 is 2.58 bits per heavy atom. The standard InChI is InChI=1S/C21H15Cl3FNO3S2/c22-14-4-1-5-15(25)20(14)17(27)10-12-6-7-13-3-2-8-26(16(13)9-12)31(28,29)18-11-19(23)30-21(18)24/h1,4-7,9,11H,2-3,8,10H2. The zero-order valence-electron chi connectivity index (χ0n) is 15.9. The van der Waals surface area contributed by atoms with Crippen LogP contribution in [0.4, 0.5) is 10.1 Å². The maximum Gasteiger partial charge on any atom is 0.266 e. The van der Waals surface area contributed by atoms with Crippen molar-refractivity contribution in [3.63, 3.8) is 0 Å². The zero-order valence-corrected chi connectivity index (χ0v) is 19.8. The summed E-state index contributed by atoms with van der Waals surface area (Å²) < 4.78 is 42.3. The number of hydrogen-bond acceptors (Lipinski definition) is 4. The molecule has 0 unspecified atom stereocenters. The van der Waals surface area contributed by atoms with Gasteiger partial charge in [0.1, 0.15) is 15.0 Å². The van der Waals surface area contributed by atoms with Crippen molar-refractivity contribution < 1.29 is 17.6 Å². The predicted molar refractivity (Wildman–Crippen MR) is 123 cm³/mol. The van der Waals surface area contributed by atoms with Gasteiger partial charge in [0.25, 0.3) is 10.0 Å². The third-order valence-electron chi connectivity index (χ3n) is 5.03. The predicted octanol–water partition coefficient (Wildman–Crippen LogP) is 6.41. The third kappa shape index (κ3) is 4.34. The molecule has 0 aliphatic carbocycles. The molecule has 1 aliphatic heterocycles. The van der Waals surface area contributed by atoms with Crippen LogP contribution in [0.5, 0.6) is 0 Å². The Hall–Kier alpha value is -1.64. The first kappa shape index (κ1) is 22.6. The molecule has 0 spiro atoms. The summed E-state index contributed by atoms with van der Waals surface area (Å²) in [5.41, 5.74) is 1.70. The molecule has 0 bridgehead atoms. The number of sulfonamides is 1. The molecule has 3 aromatic rings. The van der Waals surface area contributed by atoms with Crippen LogP contribution in [0.25, 0.3) is 0 Å². The van der Waals surface area contributed by atoms with Crippen molar-refractivity contribution in [3.8, 4) is 0 Å². The molecule has 4 nitrogen and oxygen atoms in total. The molecule has 31 heavy (non-hydrogen) atoms. The fraction of sp³-hybridized carbons (Fsp3) is 0.190. The van der Waals surface area contributed by atoms with Gasteiger partial charge in [-0.25, -0.2) is 12.8 Å². The number of carbonyl (C=O) groups excluding carboxylic acids is 1. The van der Waals surface area contributed by atoms with Crippen molar-refractivity contribution in [1.29, 1.82) is 0 Å². The summed E-state index contributed by atoms with van der Waals surface area (Å²) in [6.07, 6.45) is 1.23. The van der Waals surface area contributed by atoms with E-state index in [-0.39, 0.29) is 37.1 Å². The molecule has 2 heterocycles. The Kier molecular flexibility index (Phi) is 6.34. The first-order chi connectivity index (χ1) is 14.7. The molecule has 0 fully saturated rings. The van der Waals surface area contributed by atoms with Gasteiger partial charge in [0.15, 0.2) is 5.78 Å². The van der Waals surface area contributed by atoms with Crippen LogP contribution in [0.15, 0.2) is 47.4 Å². The molecule has 2 aromatic carbocycles. The number of ketones is 1. The van der Waals surface area contributed by atoms with Crippen LogP contribution in [0.3, 0.4) is 0 Å². The Bertz CT molecular complexity index is 1270. The zero-order chi connectivity index (χ0) is 22.3. The second-order valence-electron chi connectivity index (χ2n) is 7.03. The number of halogens is 4. The largest absolute Gasteiger partial charge is 0.294 e. The van der Waals surface area contributed by atoms with E-state index >= 15 is 0 Å². The fourth-order valence-corrected chi connectivity index (χ4v) is 7.52. The van der Waals surface area contributed by atoms with Crippen LogP contribution in [0, 0.1) is 5.82 Å². The molecule has 0 radical (unpaired) electrons. The number of thiophene rings is 1. The lowest BCUT2D eigenvalue weighted by Crippen LogP contribution is -2.35. The lowest BCUT2D eigenvalue weighted by atomic mass is 9.97. The van der Waals surface area contributed by atoms with Crippen molar-refractivity contribution in [2.75, 3.05) is 10.8 Å². The van der Waals surface area contributed by atoms with Gasteiger partial charge >= 0.3 is 0 Å². The molecule has 10 heteroatoms. The van der Waals surface area contributed by atoms with Gasteiger partial charge in [-0.1, -0.05) is 53.0 Å². The SMILES string of the molecule is O=C(Cc1ccc2c(c1)N(S(=O)(=O)c1cc(Cl)sc1Cl)CCC2)c1c(F)cccc1Cl. The van der Waals surface area contributed by atoms with Crippen LogP contribution in [-0.2, 0) is 22.9 Å². The lowest BCUT2D eigenvalue weighted by molar-refractivity contribution is 0.0989. The van der Waals surface area contributed by atoms with Crippen LogP contribution in [-0.4, -0.2) is 20.7 Å². The smallest absolute Gasteiger partial charge is 0.266 e. The van der Waals surface area contributed by atoms with E-state index in [9.17, 15) is 17.6 Å². The van der Waals surface area contributed by atoms with Gasteiger partial charge in [0, 0.05) is 13.0 Å². The van der Waals surface area contributed by atoms with Crippen molar-refractivity contribution in [1.82, 2.24) is 0 Å². The van der Waals surface area contributed by atoms with Crippen LogP contribution >= 0.6 is 46.1 Å². The number of aryl methyl sites for hydroxylation is 1. The molecule has 4 rings (SSSR count). The summed E-state index contributed by atoms with van der Waals surface area (Å²) in [7, 11) is -3.93. The quantitative estimate of drug-likeness (QED) is 0.367. The lowest BCUT2D eigenvalue weighted by Gasteiger charge is -2.30. The van der Waals surface area contributed by atoms with E-state index in [0.717, 1.165) is 16.9 Å². The number of hydrogen-bond donors (Lipinski definition) is 0. The number of benzene rings is 2. The molecule has 162 valence electrons. The van der Waals surface area contributed by atoms with Crippen LogP contribution in [0.1, 0.15) is 27.9 Å². The fourth-order valence-electron chi connectivity index (χ4n) is 3.60. The van der Waals surface area contributed by atoms with Crippen molar-refractivity contribution in [3.05, 3.63) is 78.7 Å². The summed E-state index contributed by atoms with van der Waals surface area (Å²) in [6, 6.07) is 10.6. The molecule has 0 amide bonds. The summed E-state index contributed by atoms with van der Waals surface area (Å²) in [4.78, 5) is 12.6. The first-order valence-electron chi connectivity index (χ1n) is 9.25. The molecule has 1 aromatic heterocycles. The molecular formula is C21H15Cl3FNO3S2. The average Bonchev–Trinajstić information content (AvgIpc) is 3.06.